The van der Waals surface area contributed by atoms with Crippen LogP contribution in [-0.2, 0) is 9.47 Å². The maximum atomic E-state index is 13.7. The van der Waals surface area contributed by atoms with Crippen LogP contribution < -0.4 is 25.2 Å². The average molecular weight is 555 g/mol. The van der Waals surface area contributed by atoms with Gasteiger partial charge in [-0.2, -0.15) is 0 Å². The number of allylic oxidation sites excluding steroid dienone is 4. The number of urea groups is 1. The minimum Gasteiger partial charge on any atom is -0.475 e. The number of nitrogens with one attached hydrogen (secondary N) is 2. The van der Waals surface area contributed by atoms with Gasteiger partial charge in [0.25, 0.3) is 0 Å². The van der Waals surface area contributed by atoms with Gasteiger partial charge in [0.05, 0.1) is 29.1 Å². The first-order valence-corrected chi connectivity index (χ1v) is 13.5. The summed E-state index contributed by atoms with van der Waals surface area (Å²) < 4.78 is 17.2. The molecule has 0 saturated carbocycles. The summed E-state index contributed by atoms with van der Waals surface area (Å²) in [7, 11) is 1.87. The molecule has 0 spiro atoms. The van der Waals surface area contributed by atoms with E-state index in [1.54, 1.807) is 23.2 Å². The monoisotopic (exact) mass is 554 g/mol. The fourth-order valence-corrected chi connectivity index (χ4v) is 5.31. The molecule has 2 saturated heterocycles. The van der Waals surface area contributed by atoms with Crippen LogP contribution in [-0.4, -0.2) is 67.3 Å². The maximum absolute atomic E-state index is 13.7. The van der Waals surface area contributed by atoms with E-state index in [0.29, 0.717) is 41.3 Å². The van der Waals surface area contributed by atoms with Crippen LogP contribution in [0.2, 0.25) is 5.02 Å². The number of anilines is 3. The van der Waals surface area contributed by atoms with E-state index in [2.05, 4.69) is 20.5 Å². The lowest BCUT2D eigenvalue weighted by Gasteiger charge is -2.36. The zero-order chi connectivity index (χ0) is 27.7. The van der Waals surface area contributed by atoms with Crippen LogP contribution in [0.5, 0.6) is 5.88 Å². The van der Waals surface area contributed by atoms with E-state index in [1.807, 2.05) is 53.0 Å². The van der Waals surface area contributed by atoms with Gasteiger partial charge in [0.2, 0.25) is 5.88 Å². The SMILES string of the molecule is C/C=C(\C=C(\C)NC)c1nc2c(cc1Cl)N1CC[C@@H](C1)N2C(=O)Nc1ccnc(OC[C@H]2COC(C)(C)O2)c1. The molecule has 0 aliphatic carbocycles. The molecule has 0 unspecified atom stereocenters. The van der Waals surface area contributed by atoms with Crippen molar-refractivity contribution in [3.05, 3.63) is 53.0 Å². The first-order chi connectivity index (χ1) is 18.7. The summed E-state index contributed by atoms with van der Waals surface area (Å²) in [5.41, 5.74) is 3.92. The molecule has 5 rings (SSSR count). The summed E-state index contributed by atoms with van der Waals surface area (Å²) in [5, 5.41) is 6.69. The Labute approximate surface area is 234 Å². The Kier molecular flexibility index (Phi) is 7.70. The molecule has 39 heavy (non-hydrogen) atoms. The lowest BCUT2D eigenvalue weighted by Crippen LogP contribution is -2.48. The number of amides is 2. The quantitative estimate of drug-likeness (QED) is 0.470. The number of halogens is 1. The molecule has 2 fully saturated rings. The van der Waals surface area contributed by atoms with Gasteiger partial charge < -0.3 is 29.7 Å². The standard InChI is InChI=1S/C28H35ClN6O4/c1-6-18(11-17(2)30-5)25-22(29)13-23-26(33-25)35(20-8-10-34(23)14-20)27(36)32-19-7-9-31-24(12-19)37-15-21-16-38-28(3,4)39-21/h6-7,9,11-13,20-21,30H,8,10,14-16H2,1-5H3,(H,31,32,36)/b17-11-,18-6+/t20-,21-/m0/s1. The Morgan fingerprint density at radius 2 is 2.18 bits per heavy atom. The molecule has 0 radical (unpaired) electrons. The van der Waals surface area contributed by atoms with E-state index in [-0.39, 0.29) is 18.2 Å². The van der Waals surface area contributed by atoms with Gasteiger partial charge in [0.1, 0.15) is 12.7 Å². The van der Waals surface area contributed by atoms with Crippen molar-refractivity contribution in [1.29, 1.82) is 0 Å². The highest BCUT2D eigenvalue weighted by Gasteiger charge is 2.41. The van der Waals surface area contributed by atoms with Crippen molar-refractivity contribution in [2.24, 2.45) is 0 Å². The Bertz CT molecular complexity index is 1310. The molecule has 3 aliphatic rings. The van der Waals surface area contributed by atoms with Crippen LogP contribution in [0, 0.1) is 0 Å². The molecular weight excluding hydrogens is 520 g/mol. The van der Waals surface area contributed by atoms with Gasteiger partial charge in [-0.05, 0) is 57.9 Å². The van der Waals surface area contributed by atoms with Crippen LogP contribution >= 0.6 is 11.6 Å². The minimum absolute atomic E-state index is 0.00287. The molecule has 2 atom stereocenters. The van der Waals surface area contributed by atoms with Crippen molar-refractivity contribution in [2.75, 3.05) is 48.5 Å². The maximum Gasteiger partial charge on any atom is 0.327 e. The lowest BCUT2D eigenvalue weighted by atomic mass is 10.1. The van der Waals surface area contributed by atoms with Crippen molar-refractivity contribution in [3.63, 3.8) is 0 Å². The zero-order valence-electron chi connectivity index (χ0n) is 23.0. The third-order valence-electron chi connectivity index (χ3n) is 7.07. The third-order valence-corrected chi connectivity index (χ3v) is 7.36. The fourth-order valence-electron chi connectivity index (χ4n) is 5.06. The highest BCUT2D eigenvalue weighted by molar-refractivity contribution is 6.32. The Balaban J connectivity index is 1.37. The molecule has 3 aliphatic heterocycles. The van der Waals surface area contributed by atoms with Gasteiger partial charge in [-0.1, -0.05) is 17.7 Å². The Morgan fingerprint density at radius 1 is 1.36 bits per heavy atom. The van der Waals surface area contributed by atoms with Gasteiger partial charge in [-0.25, -0.2) is 14.8 Å². The number of hydrogen-bond acceptors (Lipinski definition) is 8. The highest BCUT2D eigenvalue weighted by atomic mass is 35.5. The lowest BCUT2D eigenvalue weighted by molar-refractivity contribution is -0.141. The van der Waals surface area contributed by atoms with Gasteiger partial charge in [-0.3, -0.25) is 4.90 Å². The number of aromatic nitrogens is 2. The molecule has 0 aromatic carbocycles. The number of carbonyl (C=O) groups excluding carboxylic acids is 1. The minimum atomic E-state index is -0.619. The third kappa shape index (κ3) is 5.83. The number of pyridine rings is 2. The van der Waals surface area contributed by atoms with Gasteiger partial charge in [0.15, 0.2) is 11.6 Å². The van der Waals surface area contributed by atoms with E-state index in [1.165, 1.54) is 0 Å². The first kappa shape index (κ1) is 27.2. The molecule has 2 amide bonds. The highest BCUT2D eigenvalue weighted by Crippen LogP contribution is 2.42. The second kappa shape index (κ2) is 11.0. The predicted molar refractivity (Wildman–Crippen MR) is 152 cm³/mol. The van der Waals surface area contributed by atoms with Crippen LogP contribution in [0.25, 0.3) is 5.57 Å². The van der Waals surface area contributed by atoms with Crippen LogP contribution in [0.4, 0.5) is 22.0 Å². The van der Waals surface area contributed by atoms with E-state index < -0.39 is 5.79 Å². The second-order valence-corrected chi connectivity index (χ2v) is 10.7. The van der Waals surface area contributed by atoms with Crippen molar-refractivity contribution >= 4 is 40.4 Å². The topological polar surface area (TPSA) is 101 Å². The smallest absolute Gasteiger partial charge is 0.327 e. The largest absolute Gasteiger partial charge is 0.475 e. The number of nitrogens with zero attached hydrogens (tertiary/aromatic N) is 4. The van der Waals surface area contributed by atoms with Gasteiger partial charge in [-0.15, -0.1) is 0 Å². The average Bonchev–Trinajstić information content (AvgIpc) is 3.49. The second-order valence-electron chi connectivity index (χ2n) is 10.3. The van der Waals surface area contributed by atoms with Crippen molar-refractivity contribution in [2.45, 2.75) is 52.0 Å². The van der Waals surface area contributed by atoms with Crippen LogP contribution in [0.1, 0.15) is 39.8 Å². The molecule has 2 aromatic heterocycles. The van der Waals surface area contributed by atoms with Crippen LogP contribution in [0.3, 0.4) is 0 Å². The van der Waals surface area contributed by atoms with Crippen molar-refractivity contribution in [1.82, 2.24) is 15.3 Å². The predicted octanol–water partition coefficient (Wildman–Crippen LogP) is 4.82. The van der Waals surface area contributed by atoms with E-state index in [4.69, 9.17) is 30.8 Å². The number of fused-ring (bicyclic) bond motifs is 4. The van der Waals surface area contributed by atoms with Crippen LogP contribution in [0.15, 0.2) is 42.2 Å². The number of carbonyl (C=O) groups is 1. The Morgan fingerprint density at radius 3 is 2.90 bits per heavy atom. The molecule has 2 N–H and O–H groups in total. The zero-order valence-corrected chi connectivity index (χ0v) is 23.7. The summed E-state index contributed by atoms with van der Waals surface area (Å²) in [6, 6.07) is 5.09. The Hall–Kier alpha value is -3.34. The summed E-state index contributed by atoms with van der Waals surface area (Å²) in [5.74, 6) is 0.372. The van der Waals surface area contributed by atoms with E-state index in [0.717, 1.165) is 36.5 Å². The number of ether oxygens (including phenoxy) is 3. The van der Waals surface area contributed by atoms with E-state index >= 15 is 0 Å². The summed E-state index contributed by atoms with van der Waals surface area (Å²) in [6.45, 7) is 9.98. The normalized spacial score (nSPS) is 22.1. The molecule has 208 valence electrons. The first-order valence-electron chi connectivity index (χ1n) is 13.2. The fraction of sp³-hybridized carbons (Fsp3) is 0.464. The summed E-state index contributed by atoms with van der Waals surface area (Å²) in [6.07, 6.45) is 6.22. The molecular formula is C28H35ClN6O4. The summed E-state index contributed by atoms with van der Waals surface area (Å²) >= 11 is 6.73. The molecule has 5 heterocycles. The molecule has 2 aromatic rings. The number of hydrogen-bond donors (Lipinski definition) is 2. The number of rotatable bonds is 7. The van der Waals surface area contributed by atoms with Crippen molar-refractivity contribution < 1.29 is 19.0 Å². The summed E-state index contributed by atoms with van der Waals surface area (Å²) in [4.78, 5) is 26.9. The molecule has 10 nitrogen and oxygen atoms in total. The van der Waals surface area contributed by atoms with Gasteiger partial charge in [0, 0.05) is 43.8 Å². The van der Waals surface area contributed by atoms with E-state index in [9.17, 15) is 4.79 Å². The molecule has 11 heteroatoms. The molecule has 2 bridgehead atoms. The van der Waals surface area contributed by atoms with Crippen molar-refractivity contribution in [3.8, 4) is 5.88 Å². The van der Waals surface area contributed by atoms with Gasteiger partial charge >= 0.3 is 6.03 Å².